The zero-order valence-electron chi connectivity index (χ0n) is 11.5. The van der Waals surface area contributed by atoms with Gasteiger partial charge >= 0.3 is 0 Å². The Morgan fingerprint density at radius 1 is 1.15 bits per heavy atom. The second-order valence-electron chi connectivity index (χ2n) is 4.81. The second-order valence-corrected chi connectivity index (χ2v) is 5.22. The average Bonchev–Trinajstić information content (AvgIpc) is 2.39. The molecule has 0 aliphatic heterocycles. The maximum Gasteiger partial charge on any atom is 0.131 e. The Hall–Kier alpha value is -1.74. The molecule has 2 rings (SSSR count). The third-order valence-corrected chi connectivity index (χ3v) is 3.11. The Morgan fingerprint density at radius 3 is 2.45 bits per heavy atom. The monoisotopic (exact) mass is 293 g/mol. The van der Waals surface area contributed by atoms with Crippen LogP contribution in [-0.2, 0) is 6.61 Å². The van der Waals surface area contributed by atoms with Gasteiger partial charge in [0, 0.05) is 17.3 Å². The van der Waals surface area contributed by atoms with Crippen LogP contribution in [0.15, 0.2) is 42.5 Å². The van der Waals surface area contributed by atoms with E-state index in [1.165, 1.54) is 6.07 Å². The van der Waals surface area contributed by atoms with Gasteiger partial charge in [0.1, 0.15) is 18.2 Å². The topological polar surface area (TPSA) is 21.3 Å². The predicted octanol–water partition coefficient (Wildman–Crippen LogP) is 4.88. The number of anilines is 1. The van der Waals surface area contributed by atoms with E-state index >= 15 is 0 Å². The number of ether oxygens (including phenoxy) is 1. The molecule has 0 aromatic heterocycles. The Labute approximate surface area is 123 Å². The van der Waals surface area contributed by atoms with Gasteiger partial charge in [0.05, 0.1) is 5.02 Å². The van der Waals surface area contributed by atoms with Gasteiger partial charge in [0.25, 0.3) is 0 Å². The highest BCUT2D eigenvalue weighted by Crippen LogP contribution is 2.22. The lowest BCUT2D eigenvalue weighted by Crippen LogP contribution is -2.09. The molecule has 0 radical (unpaired) electrons. The number of hydrogen-bond acceptors (Lipinski definition) is 2. The Morgan fingerprint density at radius 2 is 1.85 bits per heavy atom. The van der Waals surface area contributed by atoms with Crippen LogP contribution in [0.4, 0.5) is 10.1 Å². The van der Waals surface area contributed by atoms with Crippen LogP contribution < -0.4 is 10.1 Å². The van der Waals surface area contributed by atoms with E-state index in [1.54, 1.807) is 12.1 Å². The van der Waals surface area contributed by atoms with Crippen LogP contribution in [0.1, 0.15) is 19.4 Å². The first-order chi connectivity index (χ1) is 9.56. The minimum absolute atomic E-state index is 0.114. The fourth-order valence-electron chi connectivity index (χ4n) is 1.81. The van der Waals surface area contributed by atoms with Crippen LogP contribution in [0.3, 0.4) is 0 Å². The van der Waals surface area contributed by atoms with Crippen molar-refractivity contribution in [2.45, 2.75) is 26.5 Å². The molecule has 0 atom stereocenters. The first-order valence-corrected chi connectivity index (χ1v) is 6.86. The normalized spacial score (nSPS) is 10.7. The van der Waals surface area contributed by atoms with E-state index in [0.29, 0.717) is 22.4 Å². The highest BCUT2D eigenvalue weighted by atomic mass is 35.5. The molecule has 0 aliphatic rings. The van der Waals surface area contributed by atoms with Gasteiger partial charge in [-0.15, -0.1) is 0 Å². The number of benzene rings is 2. The zero-order chi connectivity index (χ0) is 14.5. The maximum absolute atomic E-state index is 13.6. The van der Waals surface area contributed by atoms with E-state index in [0.717, 1.165) is 5.69 Å². The standard InChI is InChI=1S/C16H17ClFNO/c1-11(2)19-12-6-8-13(9-7-12)20-10-14-15(17)4-3-5-16(14)18/h3-9,11,19H,10H2,1-2H3. The molecule has 2 aromatic carbocycles. The summed E-state index contributed by atoms with van der Waals surface area (Å²) >= 11 is 5.95. The van der Waals surface area contributed by atoms with Crippen molar-refractivity contribution in [2.24, 2.45) is 0 Å². The van der Waals surface area contributed by atoms with Gasteiger partial charge in [0.2, 0.25) is 0 Å². The minimum atomic E-state index is -0.351. The van der Waals surface area contributed by atoms with Crippen molar-refractivity contribution >= 4 is 17.3 Å². The molecule has 0 saturated heterocycles. The summed E-state index contributed by atoms with van der Waals surface area (Å²) in [6.07, 6.45) is 0. The van der Waals surface area contributed by atoms with Gasteiger partial charge in [-0.1, -0.05) is 17.7 Å². The molecule has 4 heteroatoms. The largest absolute Gasteiger partial charge is 0.489 e. The Bertz CT molecular complexity index is 549. The van der Waals surface area contributed by atoms with E-state index in [9.17, 15) is 4.39 Å². The number of hydrogen-bond donors (Lipinski definition) is 1. The van der Waals surface area contributed by atoms with E-state index < -0.39 is 0 Å². The van der Waals surface area contributed by atoms with Crippen molar-refractivity contribution in [1.29, 1.82) is 0 Å². The van der Waals surface area contributed by atoms with Crippen molar-refractivity contribution < 1.29 is 9.13 Å². The third kappa shape index (κ3) is 3.87. The molecule has 0 unspecified atom stereocenters. The summed E-state index contributed by atoms with van der Waals surface area (Å²) in [5, 5.41) is 3.67. The van der Waals surface area contributed by atoms with Gasteiger partial charge in [0.15, 0.2) is 0 Å². The zero-order valence-corrected chi connectivity index (χ0v) is 12.2. The van der Waals surface area contributed by atoms with Crippen molar-refractivity contribution in [3.63, 3.8) is 0 Å². The van der Waals surface area contributed by atoms with Crippen molar-refractivity contribution in [3.05, 3.63) is 58.9 Å². The highest BCUT2D eigenvalue weighted by molar-refractivity contribution is 6.31. The average molecular weight is 294 g/mol. The first-order valence-electron chi connectivity index (χ1n) is 6.48. The lowest BCUT2D eigenvalue weighted by atomic mass is 10.2. The van der Waals surface area contributed by atoms with Crippen LogP contribution in [-0.4, -0.2) is 6.04 Å². The fourth-order valence-corrected chi connectivity index (χ4v) is 2.02. The van der Waals surface area contributed by atoms with Crippen molar-refractivity contribution in [2.75, 3.05) is 5.32 Å². The molecule has 0 spiro atoms. The van der Waals surface area contributed by atoms with E-state index in [4.69, 9.17) is 16.3 Å². The quantitative estimate of drug-likeness (QED) is 0.848. The summed E-state index contributed by atoms with van der Waals surface area (Å²) in [6, 6.07) is 12.5. The van der Waals surface area contributed by atoms with Gasteiger partial charge in [-0.2, -0.15) is 0 Å². The third-order valence-electron chi connectivity index (χ3n) is 2.75. The molecule has 0 heterocycles. The summed E-state index contributed by atoms with van der Waals surface area (Å²) in [5.74, 6) is 0.328. The number of halogens is 2. The number of nitrogens with one attached hydrogen (secondary N) is 1. The molecule has 20 heavy (non-hydrogen) atoms. The Kier molecular flexibility index (Phi) is 4.85. The summed E-state index contributed by atoms with van der Waals surface area (Å²) < 4.78 is 19.1. The van der Waals surface area contributed by atoms with E-state index in [1.807, 2.05) is 24.3 Å². The molecule has 0 amide bonds. The SMILES string of the molecule is CC(C)Nc1ccc(OCc2c(F)cccc2Cl)cc1. The summed E-state index contributed by atoms with van der Waals surface area (Å²) in [5.41, 5.74) is 1.40. The first kappa shape index (κ1) is 14.7. The van der Waals surface area contributed by atoms with Crippen LogP contribution in [0.5, 0.6) is 5.75 Å². The van der Waals surface area contributed by atoms with Gasteiger partial charge in [-0.3, -0.25) is 0 Å². The van der Waals surface area contributed by atoms with Crippen molar-refractivity contribution in [3.8, 4) is 5.75 Å². The smallest absolute Gasteiger partial charge is 0.131 e. The fraction of sp³-hybridized carbons (Fsp3) is 0.250. The molecule has 0 aliphatic carbocycles. The molecular weight excluding hydrogens is 277 g/mol. The summed E-state index contributed by atoms with van der Waals surface area (Å²) in [6.45, 7) is 4.26. The lowest BCUT2D eigenvalue weighted by molar-refractivity contribution is 0.300. The minimum Gasteiger partial charge on any atom is -0.489 e. The molecule has 0 bridgehead atoms. The van der Waals surface area contributed by atoms with Crippen molar-refractivity contribution in [1.82, 2.24) is 0 Å². The molecule has 0 saturated carbocycles. The van der Waals surface area contributed by atoms with Crippen LogP contribution in [0.2, 0.25) is 5.02 Å². The van der Waals surface area contributed by atoms with E-state index in [-0.39, 0.29) is 12.4 Å². The lowest BCUT2D eigenvalue weighted by Gasteiger charge is -2.12. The summed E-state index contributed by atoms with van der Waals surface area (Å²) in [7, 11) is 0. The van der Waals surface area contributed by atoms with Gasteiger partial charge in [-0.25, -0.2) is 4.39 Å². The predicted molar refractivity (Wildman–Crippen MR) is 80.9 cm³/mol. The van der Waals surface area contributed by atoms with Crippen LogP contribution >= 0.6 is 11.6 Å². The van der Waals surface area contributed by atoms with E-state index in [2.05, 4.69) is 19.2 Å². The second kappa shape index (κ2) is 6.62. The molecular formula is C16H17ClFNO. The number of rotatable bonds is 5. The molecule has 106 valence electrons. The van der Waals surface area contributed by atoms with Crippen LogP contribution in [0.25, 0.3) is 0 Å². The van der Waals surface area contributed by atoms with Gasteiger partial charge < -0.3 is 10.1 Å². The Balaban J connectivity index is 2.00. The molecule has 1 N–H and O–H groups in total. The van der Waals surface area contributed by atoms with Gasteiger partial charge in [-0.05, 0) is 50.2 Å². The highest BCUT2D eigenvalue weighted by Gasteiger charge is 2.07. The molecule has 2 nitrogen and oxygen atoms in total. The van der Waals surface area contributed by atoms with Crippen LogP contribution in [0, 0.1) is 5.82 Å². The maximum atomic E-state index is 13.6. The molecule has 2 aromatic rings. The molecule has 0 fully saturated rings. The summed E-state index contributed by atoms with van der Waals surface area (Å²) in [4.78, 5) is 0.